The van der Waals surface area contributed by atoms with Gasteiger partial charge in [0.25, 0.3) is 0 Å². The monoisotopic (exact) mass is 539 g/mol. The fourth-order valence-electron chi connectivity index (χ4n) is 4.96. The van der Waals surface area contributed by atoms with Crippen molar-refractivity contribution in [2.45, 2.75) is 45.8 Å². The molecule has 1 aliphatic rings. The van der Waals surface area contributed by atoms with E-state index < -0.39 is 17.7 Å². The molecule has 1 saturated heterocycles. The maximum absolute atomic E-state index is 13.3. The fourth-order valence-corrected chi connectivity index (χ4v) is 5.52. The predicted octanol–water partition coefficient (Wildman–Crippen LogP) is 7.18. The van der Waals surface area contributed by atoms with Gasteiger partial charge in [0, 0.05) is 54.1 Å². The largest absolute Gasteiger partial charge is 0.481 e. The summed E-state index contributed by atoms with van der Waals surface area (Å²) in [7, 11) is 0. The van der Waals surface area contributed by atoms with Gasteiger partial charge in [-0.2, -0.15) is 13.2 Å². The van der Waals surface area contributed by atoms with Crippen molar-refractivity contribution in [2.24, 2.45) is 5.92 Å². The zero-order valence-electron chi connectivity index (χ0n) is 19.9. The first-order valence-electron chi connectivity index (χ1n) is 11.5. The number of nitrogens with zero attached hydrogens (tertiary/aromatic N) is 3. The number of carboxylic acids is 1. The molecule has 3 heterocycles. The number of carbonyl (C=O) groups is 1. The Kier molecular flexibility index (Phi) is 7.30. The van der Waals surface area contributed by atoms with Crippen LogP contribution in [0.3, 0.4) is 0 Å². The summed E-state index contributed by atoms with van der Waals surface area (Å²) in [5, 5.41) is 10.2. The summed E-state index contributed by atoms with van der Waals surface area (Å²) in [5.74, 6) is -0.660. The minimum Gasteiger partial charge on any atom is -0.481 e. The van der Waals surface area contributed by atoms with Crippen molar-refractivity contribution in [3.8, 4) is 0 Å². The number of hydrogen-bond acceptors (Lipinski definition) is 3. The number of carboxylic acid groups (broad SMARTS) is 1. The molecule has 1 N–H and O–H groups in total. The Balaban J connectivity index is 1.64. The van der Waals surface area contributed by atoms with Crippen LogP contribution in [0.5, 0.6) is 0 Å². The first-order valence-corrected chi connectivity index (χ1v) is 12.3. The van der Waals surface area contributed by atoms with Crippen molar-refractivity contribution in [3.63, 3.8) is 0 Å². The number of rotatable bonds is 6. The molecule has 2 aromatic heterocycles. The van der Waals surface area contributed by atoms with Crippen LogP contribution < -0.4 is 0 Å². The zero-order valence-corrected chi connectivity index (χ0v) is 21.4. The van der Waals surface area contributed by atoms with Crippen LogP contribution >= 0.6 is 23.2 Å². The Morgan fingerprint density at radius 1 is 1.19 bits per heavy atom. The number of pyridine rings is 1. The molecule has 1 fully saturated rings. The average molecular weight is 540 g/mol. The molecule has 0 amide bonds. The summed E-state index contributed by atoms with van der Waals surface area (Å²) in [6.45, 7) is 9.17. The Labute approximate surface area is 217 Å². The molecule has 1 aliphatic heterocycles. The van der Waals surface area contributed by atoms with Crippen molar-refractivity contribution in [1.29, 1.82) is 0 Å². The van der Waals surface area contributed by atoms with Crippen molar-refractivity contribution in [1.82, 2.24) is 14.5 Å². The van der Waals surface area contributed by atoms with Crippen LogP contribution in [-0.2, 0) is 17.5 Å². The summed E-state index contributed by atoms with van der Waals surface area (Å²) in [6, 6.07) is 2.31. The lowest BCUT2D eigenvalue weighted by Gasteiger charge is -2.34. The standard InChI is InChI=1S/C26H26Cl2F3N3O2/c1-14-8-18(26(29,30)31)10-19-15(2)12-34(24(14)19)13-21-23(27)20(11-32-25(21)28)16(3)33-6-4-17(5-7-33)9-22(35)36/h8,10-12,17H,3-7,9,13H2,1-2H3,(H,35,36). The lowest BCUT2D eigenvalue weighted by molar-refractivity contribution is -0.139. The molecule has 192 valence electrons. The number of aryl methyl sites for hydroxylation is 2. The second-order valence-electron chi connectivity index (χ2n) is 9.36. The Morgan fingerprint density at radius 3 is 2.47 bits per heavy atom. The van der Waals surface area contributed by atoms with Gasteiger partial charge in [-0.05, 0) is 55.9 Å². The number of aromatic nitrogens is 2. The van der Waals surface area contributed by atoms with Crippen LogP contribution in [0.2, 0.25) is 10.2 Å². The Hall–Kier alpha value is -2.71. The average Bonchev–Trinajstić information content (AvgIpc) is 3.11. The smallest absolute Gasteiger partial charge is 0.416 e. The van der Waals surface area contributed by atoms with Gasteiger partial charge in [0.1, 0.15) is 5.15 Å². The molecule has 5 nitrogen and oxygen atoms in total. The van der Waals surface area contributed by atoms with Crippen LogP contribution in [0.4, 0.5) is 13.2 Å². The van der Waals surface area contributed by atoms with E-state index in [2.05, 4.69) is 16.5 Å². The summed E-state index contributed by atoms with van der Waals surface area (Å²) in [6.07, 6.45) is 0.566. The number of hydrogen-bond donors (Lipinski definition) is 1. The van der Waals surface area contributed by atoms with E-state index in [1.54, 1.807) is 26.2 Å². The molecule has 3 aromatic rings. The second kappa shape index (κ2) is 9.98. The zero-order chi connectivity index (χ0) is 26.4. The molecule has 10 heteroatoms. The third kappa shape index (κ3) is 5.20. The number of aliphatic carboxylic acids is 1. The van der Waals surface area contributed by atoms with E-state index in [0.717, 1.165) is 18.9 Å². The van der Waals surface area contributed by atoms with Crippen LogP contribution in [-0.4, -0.2) is 38.6 Å². The van der Waals surface area contributed by atoms with E-state index in [0.29, 0.717) is 57.0 Å². The molecular weight excluding hydrogens is 514 g/mol. The number of halogens is 5. The normalized spacial score (nSPS) is 15.0. The number of likely N-dealkylation sites (tertiary alicyclic amines) is 1. The summed E-state index contributed by atoms with van der Waals surface area (Å²) in [5.41, 5.74) is 3.06. The van der Waals surface area contributed by atoms with E-state index in [-0.39, 0.29) is 24.0 Å². The van der Waals surface area contributed by atoms with E-state index in [1.165, 1.54) is 6.07 Å². The maximum Gasteiger partial charge on any atom is 0.416 e. The van der Waals surface area contributed by atoms with Crippen LogP contribution in [0.15, 0.2) is 31.1 Å². The Bertz CT molecular complexity index is 1340. The minimum absolute atomic E-state index is 0.132. The number of fused-ring (bicyclic) bond motifs is 1. The molecule has 0 bridgehead atoms. The van der Waals surface area contributed by atoms with Crippen LogP contribution in [0.25, 0.3) is 16.6 Å². The molecule has 36 heavy (non-hydrogen) atoms. The van der Waals surface area contributed by atoms with Gasteiger partial charge in [0.05, 0.1) is 22.6 Å². The van der Waals surface area contributed by atoms with Crippen LogP contribution in [0, 0.1) is 19.8 Å². The minimum atomic E-state index is -4.43. The highest BCUT2D eigenvalue weighted by atomic mass is 35.5. The molecule has 0 unspecified atom stereocenters. The van der Waals surface area contributed by atoms with Gasteiger partial charge < -0.3 is 14.6 Å². The highest BCUT2D eigenvalue weighted by molar-refractivity contribution is 6.36. The van der Waals surface area contributed by atoms with Crippen LogP contribution in [0.1, 0.15) is 47.1 Å². The summed E-state index contributed by atoms with van der Waals surface area (Å²) >= 11 is 13.2. The maximum atomic E-state index is 13.3. The summed E-state index contributed by atoms with van der Waals surface area (Å²) < 4.78 is 41.9. The van der Waals surface area contributed by atoms with Crippen molar-refractivity contribution >= 4 is 45.8 Å². The van der Waals surface area contributed by atoms with E-state index >= 15 is 0 Å². The predicted molar refractivity (Wildman–Crippen MR) is 135 cm³/mol. The SMILES string of the molecule is C=C(c1cnc(Cl)c(Cn2cc(C)c3cc(C(F)(F)F)cc(C)c32)c1Cl)N1CCC(CC(=O)O)CC1. The van der Waals surface area contributed by atoms with Crippen molar-refractivity contribution in [2.75, 3.05) is 13.1 Å². The molecule has 0 atom stereocenters. The van der Waals surface area contributed by atoms with Gasteiger partial charge >= 0.3 is 12.1 Å². The molecule has 4 rings (SSSR count). The third-order valence-corrected chi connectivity index (χ3v) is 7.60. The van der Waals surface area contributed by atoms with E-state index in [4.69, 9.17) is 28.3 Å². The number of piperidine rings is 1. The van der Waals surface area contributed by atoms with Gasteiger partial charge in [0.2, 0.25) is 0 Å². The van der Waals surface area contributed by atoms with Crippen molar-refractivity contribution < 1.29 is 23.1 Å². The third-order valence-electron chi connectivity index (χ3n) is 6.85. The van der Waals surface area contributed by atoms with Gasteiger partial charge in [-0.15, -0.1) is 0 Å². The second-order valence-corrected chi connectivity index (χ2v) is 10.1. The topological polar surface area (TPSA) is 58.4 Å². The molecule has 0 radical (unpaired) electrons. The van der Waals surface area contributed by atoms with E-state index in [9.17, 15) is 18.0 Å². The van der Waals surface area contributed by atoms with Gasteiger partial charge in [-0.3, -0.25) is 4.79 Å². The lowest BCUT2D eigenvalue weighted by atomic mass is 9.93. The quantitative estimate of drug-likeness (QED) is 0.337. The van der Waals surface area contributed by atoms with Gasteiger partial charge in [-0.25, -0.2) is 4.98 Å². The highest BCUT2D eigenvalue weighted by Crippen LogP contribution is 2.37. The van der Waals surface area contributed by atoms with Crippen molar-refractivity contribution in [3.05, 3.63) is 69.1 Å². The molecule has 0 spiro atoms. The fraction of sp³-hybridized carbons (Fsp3) is 0.385. The molecule has 0 saturated carbocycles. The number of alkyl halides is 3. The molecular formula is C26H26Cl2F3N3O2. The Morgan fingerprint density at radius 2 is 1.86 bits per heavy atom. The first-order chi connectivity index (χ1) is 16.9. The number of benzene rings is 1. The highest BCUT2D eigenvalue weighted by Gasteiger charge is 2.32. The van der Waals surface area contributed by atoms with Gasteiger partial charge in [0.15, 0.2) is 0 Å². The molecule has 1 aromatic carbocycles. The van der Waals surface area contributed by atoms with Gasteiger partial charge in [-0.1, -0.05) is 29.8 Å². The lowest BCUT2D eigenvalue weighted by Crippen LogP contribution is -2.33. The summed E-state index contributed by atoms with van der Waals surface area (Å²) in [4.78, 5) is 17.4. The first kappa shape index (κ1) is 26.4. The molecule has 0 aliphatic carbocycles. The van der Waals surface area contributed by atoms with E-state index in [1.807, 2.05) is 4.57 Å².